The van der Waals surface area contributed by atoms with Crippen LogP contribution in [-0.2, 0) is 0 Å². The minimum Gasteiger partial charge on any atom is -0.507 e. The summed E-state index contributed by atoms with van der Waals surface area (Å²) in [5, 5.41) is 9.46. The first-order valence-corrected chi connectivity index (χ1v) is 5.09. The first-order chi connectivity index (χ1) is 7.61. The van der Waals surface area contributed by atoms with E-state index in [1.165, 1.54) is 6.07 Å². The highest BCUT2D eigenvalue weighted by Gasteiger charge is 2.31. The SMILES string of the molecule is NCC1CN(C(=O)c2cc(F)ccc2O)C1. The number of phenols is 1. The van der Waals surface area contributed by atoms with Gasteiger partial charge in [-0.05, 0) is 24.7 Å². The molecule has 0 aromatic heterocycles. The fraction of sp³-hybridized carbons (Fsp3) is 0.364. The van der Waals surface area contributed by atoms with E-state index in [1.54, 1.807) is 4.90 Å². The average Bonchev–Trinajstić information content (AvgIpc) is 2.20. The third kappa shape index (κ3) is 1.86. The Morgan fingerprint density at radius 3 is 2.88 bits per heavy atom. The van der Waals surface area contributed by atoms with Crippen molar-refractivity contribution in [1.29, 1.82) is 0 Å². The zero-order valence-electron chi connectivity index (χ0n) is 8.69. The zero-order chi connectivity index (χ0) is 11.7. The Balaban J connectivity index is 2.13. The molecule has 0 bridgehead atoms. The molecule has 0 atom stereocenters. The molecule has 0 radical (unpaired) electrons. The number of halogens is 1. The van der Waals surface area contributed by atoms with Gasteiger partial charge in [0.25, 0.3) is 5.91 Å². The standard InChI is InChI=1S/C11H13FN2O2/c12-8-1-2-10(15)9(3-8)11(16)14-5-7(4-13)6-14/h1-3,7,15H,4-6,13H2. The maximum absolute atomic E-state index is 12.9. The normalized spacial score (nSPS) is 16.0. The van der Waals surface area contributed by atoms with Gasteiger partial charge in [-0.25, -0.2) is 4.39 Å². The average molecular weight is 224 g/mol. The van der Waals surface area contributed by atoms with Gasteiger partial charge in [0.05, 0.1) is 5.56 Å². The molecule has 4 nitrogen and oxygen atoms in total. The number of likely N-dealkylation sites (tertiary alicyclic amines) is 1. The van der Waals surface area contributed by atoms with Gasteiger partial charge in [-0.3, -0.25) is 4.79 Å². The highest BCUT2D eigenvalue weighted by molar-refractivity contribution is 5.97. The van der Waals surface area contributed by atoms with E-state index >= 15 is 0 Å². The molecule has 1 aliphatic heterocycles. The van der Waals surface area contributed by atoms with Gasteiger partial charge in [0, 0.05) is 19.0 Å². The number of nitrogens with zero attached hydrogens (tertiary/aromatic N) is 1. The number of nitrogens with two attached hydrogens (primary N) is 1. The van der Waals surface area contributed by atoms with Gasteiger partial charge in [-0.2, -0.15) is 0 Å². The number of hydrogen-bond acceptors (Lipinski definition) is 3. The summed E-state index contributed by atoms with van der Waals surface area (Å²) in [4.78, 5) is 13.4. The monoisotopic (exact) mass is 224 g/mol. The number of amides is 1. The number of phenolic OH excluding ortho intramolecular Hbond substituents is 1. The van der Waals surface area contributed by atoms with E-state index in [4.69, 9.17) is 5.73 Å². The molecule has 2 rings (SSSR count). The van der Waals surface area contributed by atoms with Gasteiger partial charge in [-0.1, -0.05) is 0 Å². The van der Waals surface area contributed by atoms with Crippen molar-refractivity contribution in [1.82, 2.24) is 4.90 Å². The quantitative estimate of drug-likeness (QED) is 0.771. The van der Waals surface area contributed by atoms with E-state index in [2.05, 4.69) is 0 Å². The van der Waals surface area contributed by atoms with E-state index in [0.29, 0.717) is 25.6 Å². The number of carbonyl (C=O) groups is 1. The first kappa shape index (κ1) is 10.9. The predicted octanol–water partition coefficient (Wildman–Crippen LogP) is 0.562. The molecular formula is C11H13FN2O2. The molecule has 3 N–H and O–H groups in total. The summed E-state index contributed by atoms with van der Waals surface area (Å²) in [6.45, 7) is 1.69. The summed E-state index contributed by atoms with van der Waals surface area (Å²) in [5.74, 6) is -0.749. The van der Waals surface area contributed by atoms with Crippen LogP contribution in [0.15, 0.2) is 18.2 Å². The van der Waals surface area contributed by atoms with Crippen molar-refractivity contribution < 1.29 is 14.3 Å². The van der Waals surface area contributed by atoms with Crippen molar-refractivity contribution in [2.45, 2.75) is 0 Å². The van der Waals surface area contributed by atoms with Gasteiger partial charge >= 0.3 is 0 Å². The lowest BCUT2D eigenvalue weighted by Crippen LogP contribution is -2.52. The molecule has 0 spiro atoms. The topological polar surface area (TPSA) is 66.6 Å². The second kappa shape index (κ2) is 4.09. The summed E-state index contributed by atoms with van der Waals surface area (Å²) >= 11 is 0. The molecule has 1 aromatic rings. The van der Waals surface area contributed by atoms with Crippen LogP contribution in [-0.4, -0.2) is 35.5 Å². The number of hydrogen-bond donors (Lipinski definition) is 2. The van der Waals surface area contributed by atoms with Crippen LogP contribution in [0.3, 0.4) is 0 Å². The Morgan fingerprint density at radius 1 is 1.56 bits per heavy atom. The number of carbonyl (C=O) groups excluding carboxylic acids is 1. The molecule has 1 aromatic carbocycles. The maximum Gasteiger partial charge on any atom is 0.257 e. The van der Waals surface area contributed by atoms with Crippen LogP contribution in [0.25, 0.3) is 0 Å². The van der Waals surface area contributed by atoms with Crippen molar-refractivity contribution in [2.75, 3.05) is 19.6 Å². The molecule has 16 heavy (non-hydrogen) atoms. The van der Waals surface area contributed by atoms with Gasteiger partial charge in [-0.15, -0.1) is 0 Å². The second-order valence-corrected chi connectivity index (χ2v) is 3.97. The van der Waals surface area contributed by atoms with Crippen molar-refractivity contribution in [2.24, 2.45) is 11.7 Å². The minimum absolute atomic E-state index is 0.00970. The second-order valence-electron chi connectivity index (χ2n) is 3.97. The lowest BCUT2D eigenvalue weighted by atomic mass is 9.99. The molecule has 0 saturated carbocycles. The van der Waals surface area contributed by atoms with Crippen LogP contribution in [0.1, 0.15) is 10.4 Å². The Morgan fingerprint density at radius 2 is 2.25 bits per heavy atom. The van der Waals surface area contributed by atoms with Crippen molar-refractivity contribution >= 4 is 5.91 Å². The van der Waals surface area contributed by atoms with Gasteiger partial charge in [0.15, 0.2) is 0 Å². The lowest BCUT2D eigenvalue weighted by Gasteiger charge is -2.38. The third-order valence-corrected chi connectivity index (χ3v) is 2.77. The predicted molar refractivity (Wildman–Crippen MR) is 56.5 cm³/mol. The van der Waals surface area contributed by atoms with E-state index < -0.39 is 5.82 Å². The molecule has 1 fully saturated rings. The maximum atomic E-state index is 12.9. The fourth-order valence-electron chi connectivity index (χ4n) is 1.73. The van der Waals surface area contributed by atoms with Crippen molar-refractivity contribution in [3.8, 4) is 5.75 Å². The van der Waals surface area contributed by atoms with Crippen molar-refractivity contribution in [3.63, 3.8) is 0 Å². The van der Waals surface area contributed by atoms with E-state index in [1.807, 2.05) is 0 Å². The Bertz CT molecular complexity index is 416. The molecule has 86 valence electrons. The Labute approximate surface area is 92.5 Å². The van der Waals surface area contributed by atoms with Crippen LogP contribution >= 0.6 is 0 Å². The molecule has 1 saturated heterocycles. The zero-order valence-corrected chi connectivity index (χ0v) is 8.69. The summed E-state index contributed by atoms with van der Waals surface area (Å²) < 4.78 is 12.9. The molecule has 1 amide bonds. The first-order valence-electron chi connectivity index (χ1n) is 5.09. The Kier molecular flexibility index (Phi) is 2.78. The van der Waals surface area contributed by atoms with Crippen LogP contribution < -0.4 is 5.73 Å². The highest BCUT2D eigenvalue weighted by Crippen LogP contribution is 2.23. The molecular weight excluding hydrogens is 211 g/mol. The molecule has 1 aliphatic rings. The minimum atomic E-state index is -0.531. The van der Waals surface area contributed by atoms with Gasteiger partial charge in [0.1, 0.15) is 11.6 Å². The van der Waals surface area contributed by atoms with E-state index in [0.717, 1.165) is 12.1 Å². The van der Waals surface area contributed by atoms with Gasteiger partial charge in [0.2, 0.25) is 0 Å². The molecule has 0 unspecified atom stereocenters. The third-order valence-electron chi connectivity index (χ3n) is 2.77. The fourth-order valence-corrected chi connectivity index (χ4v) is 1.73. The van der Waals surface area contributed by atoms with Crippen LogP contribution in [0.2, 0.25) is 0 Å². The van der Waals surface area contributed by atoms with Gasteiger partial charge < -0.3 is 15.7 Å². The van der Waals surface area contributed by atoms with Crippen LogP contribution in [0.4, 0.5) is 4.39 Å². The summed E-state index contributed by atoms with van der Waals surface area (Å²) in [6, 6.07) is 3.35. The van der Waals surface area contributed by atoms with Crippen molar-refractivity contribution in [3.05, 3.63) is 29.6 Å². The number of benzene rings is 1. The molecule has 5 heteroatoms. The molecule has 1 heterocycles. The van der Waals surface area contributed by atoms with Crippen LogP contribution in [0, 0.1) is 11.7 Å². The van der Waals surface area contributed by atoms with Crippen LogP contribution in [0.5, 0.6) is 5.75 Å². The number of rotatable bonds is 2. The summed E-state index contributed by atoms with van der Waals surface area (Å²) in [6.07, 6.45) is 0. The van der Waals surface area contributed by atoms with E-state index in [-0.39, 0.29) is 17.2 Å². The summed E-state index contributed by atoms with van der Waals surface area (Å²) in [7, 11) is 0. The summed E-state index contributed by atoms with van der Waals surface area (Å²) in [5.41, 5.74) is 5.45. The Hall–Kier alpha value is -1.62. The largest absolute Gasteiger partial charge is 0.507 e. The highest BCUT2D eigenvalue weighted by atomic mass is 19.1. The lowest BCUT2D eigenvalue weighted by molar-refractivity contribution is 0.0512. The smallest absolute Gasteiger partial charge is 0.257 e. The number of aromatic hydroxyl groups is 1. The van der Waals surface area contributed by atoms with E-state index in [9.17, 15) is 14.3 Å². The molecule has 0 aliphatic carbocycles.